The first-order chi connectivity index (χ1) is 10.4. The molecule has 0 aliphatic carbocycles. The van der Waals surface area contributed by atoms with Crippen LogP contribution < -0.4 is 5.32 Å². The Morgan fingerprint density at radius 2 is 1.68 bits per heavy atom. The molecule has 0 fully saturated rings. The normalized spacial score (nSPS) is 12.3. The largest absolute Gasteiger partial charge is 0.348 e. The molecule has 2 rings (SSSR count). The number of nitriles is 1. The Kier molecular flexibility index (Phi) is 4.57. The zero-order chi connectivity index (χ0) is 16.2. The molecule has 0 spiro atoms. The number of amides is 1. The number of hydrogen-bond donors (Lipinski definition) is 1. The number of rotatable bonds is 4. The number of nitrogens with one attached hydrogen (secondary N) is 1. The molecular weight excluding hydrogens is 274 g/mol. The lowest BCUT2D eigenvalue weighted by atomic mass is 9.93. The standard InChI is InChI=1S/C18H19N3O/c1-13(21-17(22)18(2,3)12-19)14-4-6-15(7-5-14)16-8-10-20-11-9-16/h4-11,13H,1-3H3,(H,21,22). The minimum Gasteiger partial charge on any atom is -0.348 e. The Morgan fingerprint density at radius 1 is 1.14 bits per heavy atom. The van der Waals surface area contributed by atoms with E-state index in [1.807, 2.05) is 49.4 Å². The molecule has 112 valence electrons. The zero-order valence-electron chi connectivity index (χ0n) is 13.0. The van der Waals surface area contributed by atoms with E-state index in [9.17, 15) is 4.79 Å². The smallest absolute Gasteiger partial charge is 0.240 e. The van der Waals surface area contributed by atoms with Crippen molar-refractivity contribution in [3.63, 3.8) is 0 Å². The van der Waals surface area contributed by atoms with Gasteiger partial charge in [0, 0.05) is 12.4 Å². The van der Waals surface area contributed by atoms with Crippen LogP contribution in [0.2, 0.25) is 0 Å². The highest BCUT2D eigenvalue weighted by Gasteiger charge is 2.28. The van der Waals surface area contributed by atoms with Crippen molar-refractivity contribution in [1.29, 1.82) is 5.26 Å². The second-order valence-electron chi connectivity index (χ2n) is 5.79. The molecule has 0 aliphatic rings. The summed E-state index contributed by atoms with van der Waals surface area (Å²) in [6.07, 6.45) is 3.52. The number of benzene rings is 1. The SMILES string of the molecule is CC(NC(=O)C(C)(C)C#N)c1ccc(-c2ccncc2)cc1. The van der Waals surface area contributed by atoms with Crippen LogP contribution in [-0.4, -0.2) is 10.9 Å². The minimum absolute atomic E-state index is 0.147. The second kappa shape index (κ2) is 6.40. The first kappa shape index (κ1) is 15.7. The number of pyridine rings is 1. The van der Waals surface area contributed by atoms with Crippen LogP contribution in [0.3, 0.4) is 0 Å². The predicted octanol–water partition coefficient (Wildman–Crippen LogP) is 3.48. The maximum absolute atomic E-state index is 12.0. The van der Waals surface area contributed by atoms with Crippen molar-refractivity contribution in [2.45, 2.75) is 26.8 Å². The predicted molar refractivity (Wildman–Crippen MR) is 85.6 cm³/mol. The van der Waals surface area contributed by atoms with Gasteiger partial charge in [0.25, 0.3) is 0 Å². The van der Waals surface area contributed by atoms with Gasteiger partial charge in [-0.1, -0.05) is 24.3 Å². The lowest BCUT2D eigenvalue weighted by Crippen LogP contribution is -2.37. The van der Waals surface area contributed by atoms with Crippen molar-refractivity contribution in [1.82, 2.24) is 10.3 Å². The molecule has 4 heteroatoms. The van der Waals surface area contributed by atoms with Crippen molar-refractivity contribution in [3.05, 3.63) is 54.4 Å². The topological polar surface area (TPSA) is 65.8 Å². The van der Waals surface area contributed by atoms with Gasteiger partial charge in [0.05, 0.1) is 12.1 Å². The van der Waals surface area contributed by atoms with Gasteiger partial charge in [-0.15, -0.1) is 0 Å². The summed E-state index contributed by atoms with van der Waals surface area (Å²) in [4.78, 5) is 16.0. The molecule has 1 unspecified atom stereocenters. The van der Waals surface area contributed by atoms with Gasteiger partial charge in [0.15, 0.2) is 0 Å². The average molecular weight is 293 g/mol. The first-order valence-corrected chi connectivity index (χ1v) is 7.16. The van der Waals surface area contributed by atoms with Crippen LogP contribution in [0.25, 0.3) is 11.1 Å². The first-order valence-electron chi connectivity index (χ1n) is 7.16. The summed E-state index contributed by atoms with van der Waals surface area (Å²) >= 11 is 0. The Hall–Kier alpha value is -2.67. The third-order valence-corrected chi connectivity index (χ3v) is 3.62. The van der Waals surface area contributed by atoms with E-state index in [1.165, 1.54) is 0 Å². The van der Waals surface area contributed by atoms with Crippen LogP contribution in [-0.2, 0) is 4.79 Å². The van der Waals surface area contributed by atoms with E-state index in [-0.39, 0.29) is 11.9 Å². The number of nitrogens with zero attached hydrogens (tertiary/aromatic N) is 2. The molecular formula is C18H19N3O. The van der Waals surface area contributed by atoms with E-state index >= 15 is 0 Å². The summed E-state index contributed by atoms with van der Waals surface area (Å²) in [5, 5.41) is 11.9. The average Bonchev–Trinajstić information content (AvgIpc) is 2.55. The van der Waals surface area contributed by atoms with Crippen LogP contribution in [0.5, 0.6) is 0 Å². The number of hydrogen-bond acceptors (Lipinski definition) is 3. The molecule has 0 bridgehead atoms. The minimum atomic E-state index is -1.02. The molecule has 0 saturated heterocycles. The Labute approximate surface area is 130 Å². The second-order valence-corrected chi connectivity index (χ2v) is 5.79. The fourth-order valence-corrected chi connectivity index (χ4v) is 2.02. The van der Waals surface area contributed by atoms with Gasteiger partial charge < -0.3 is 5.32 Å². The lowest BCUT2D eigenvalue weighted by molar-refractivity contribution is -0.127. The molecule has 1 atom stereocenters. The molecule has 1 N–H and O–H groups in total. The van der Waals surface area contributed by atoms with Crippen LogP contribution in [0.15, 0.2) is 48.8 Å². The highest BCUT2D eigenvalue weighted by atomic mass is 16.2. The van der Waals surface area contributed by atoms with E-state index in [4.69, 9.17) is 5.26 Å². The van der Waals surface area contributed by atoms with Gasteiger partial charge in [-0.25, -0.2) is 0 Å². The summed E-state index contributed by atoms with van der Waals surface area (Å²) in [6.45, 7) is 5.13. The number of carbonyl (C=O) groups excluding carboxylic acids is 1. The molecule has 1 amide bonds. The summed E-state index contributed by atoms with van der Waals surface area (Å²) in [5.41, 5.74) is 2.18. The van der Waals surface area contributed by atoms with E-state index in [1.54, 1.807) is 26.2 Å². The van der Waals surface area contributed by atoms with Crippen LogP contribution in [0.4, 0.5) is 0 Å². The van der Waals surface area contributed by atoms with Crippen LogP contribution in [0.1, 0.15) is 32.4 Å². The van der Waals surface area contributed by atoms with Crippen LogP contribution in [0, 0.1) is 16.7 Å². The molecule has 1 aromatic heterocycles. The van der Waals surface area contributed by atoms with Gasteiger partial charge in [-0.3, -0.25) is 9.78 Å². The third-order valence-electron chi connectivity index (χ3n) is 3.62. The molecule has 0 radical (unpaired) electrons. The highest BCUT2D eigenvalue weighted by Crippen LogP contribution is 2.22. The summed E-state index contributed by atoms with van der Waals surface area (Å²) in [5.74, 6) is -0.263. The van der Waals surface area contributed by atoms with Gasteiger partial charge in [0.2, 0.25) is 5.91 Å². The fraction of sp³-hybridized carbons (Fsp3) is 0.278. The summed E-state index contributed by atoms with van der Waals surface area (Å²) in [6, 6.07) is 13.8. The molecule has 1 heterocycles. The van der Waals surface area contributed by atoms with Crippen molar-refractivity contribution >= 4 is 5.91 Å². The van der Waals surface area contributed by atoms with Crippen molar-refractivity contribution in [2.75, 3.05) is 0 Å². The maximum Gasteiger partial charge on any atom is 0.240 e. The molecule has 22 heavy (non-hydrogen) atoms. The third kappa shape index (κ3) is 3.50. The Morgan fingerprint density at radius 3 is 2.23 bits per heavy atom. The van der Waals surface area contributed by atoms with Crippen molar-refractivity contribution in [2.24, 2.45) is 5.41 Å². The quantitative estimate of drug-likeness (QED) is 0.938. The van der Waals surface area contributed by atoms with Gasteiger partial charge >= 0.3 is 0 Å². The monoisotopic (exact) mass is 293 g/mol. The van der Waals surface area contributed by atoms with E-state index in [2.05, 4.69) is 10.3 Å². The van der Waals surface area contributed by atoms with Gasteiger partial charge in [-0.2, -0.15) is 5.26 Å². The molecule has 0 aliphatic heterocycles. The lowest BCUT2D eigenvalue weighted by Gasteiger charge is -2.20. The highest BCUT2D eigenvalue weighted by molar-refractivity contribution is 5.84. The molecule has 4 nitrogen and oxygen atoms in total. The molecule has 2 aromatic rings. The fourth-order valence-electron chi connectivity index (χ4n) is 2.02. The van der Waals surface area contributed by atoms with Gasteiger partial charge in [-0.05, 0) is 49.6 Å². The zero-order valence-corrected chi connectivity index (χ0v) is 13.0. The number of carbonyl (C=O) groups is 1. The van der Waals surface area contributed by atoms with Crippen LogP contribution >= 0.6 is 0 Å². The molecule has 1 aromatic carbocycles. The van der Waals surface area contributed by atoms with E-state index < -0.39 is 5.41 Å². The Bertz CT molecular complexity index is 685. The number of aromatic nitrogens is 1. The summed E-state index contributed by atoms with van der Waals surface area (Å²) in [7, 11) is 0. The van der Waals surface area contributed by atoms with E-state index in [0.717, 1.165) is 16.7 Å². The summed E-state index contributed by atoms with van der Waals surface area (Å²) < 4.78 is 0. The van der Waals surface area contributed by atoms with E-state index in [0.29, 0.717) is 0 Å². The Balaban J connectivity index is 2.11. The maximum atomic E-state index is 12.0. The molecule has 0 saturated carbocycles. The van der Waals surface area contributed by atoms with Crippen molar-refractivity contribution in [3.8, 4) is 17.2 Å². The van der Waals surface area contributed by atoms with Crippen molar-refractivity contribution < 1.29 is 4.79 Å². The van der Waals surface area contributed by atoms with Gasteiger partial charge in [0.1, 0.15) is 5.41 Å².